The quantitative estimate of drug-likeness (QED) is 0.865. The minimum Gasteiger partial charge on any atom is -0.496 e. The Bertz CT molecular complexity index is 599. The van der Waals surface area contributed by atoms with Gasteiger partial charge in [-0.25, -0.2) is 4.79 Å². The summed E-state index contributed by atoms with van der Waals surface area (Å²) in [5.41, 5.74) is 7.55. The van der Waals surface area contributed by atoms with Crippen LogP contribution in [0.3, 0.4) is 0 Å². The van der Waals surface area contributed by atoms with Crippen molar-refractivity contribution in [2.75, 3.05) is 7.11 Å². The summed E-state index contributed by atoms with van der Waals surface area (Å²) in [5.74, 6) is 0.767. The average molecular weight is 247 g/mol. The van der Waals surface area contributed by atoms with Crippen molar-refractivity contribution in [3.8, 4) is 5.75 Å². The van der Waals surface area contributed by atoms with Gasteiger partial charge in [0.15, 0.2) is 0 Å². The van der Waals surface area contributed by atoms with Crippen molar-refractivity contribution >= 4 is 0 Å². The first kappa shape index (κ1) is 12.4. The van der Waals surface area contributed by atoms with Gasteiger partial charge < -0.3 is 15.0 Å². The van der Waals surface area contributed by atoms with E-state index >= 15 is 0 Å². The Kier molecular flexibility index (Phi) is 3.53. The molecule has 0 spiro atoms. The third kappa shape index (κ3) is 2.31. The van der Waals surface area contributed by atoms with E-state index in [0.29, 0.717) is 13.1 Å². The molecule has 0 amide bonds. The van der Waals surface area contributed by atoms with Crippen LogP contribution in [0.2, 0.25) is 0 Å². The number of rotatable bonds is 4. The molecule has 5 nitrogen and oxygen atoms in total. The molecule has 0 aliphatic heterocycles. The molecular weight excluding hydrogens is 230 g/mol. The summed E-state index contributed by atoms with van der Waals surface area (Å²) < 4.78 is 8.48. The smallest absolute Gasteiger partial charge is 0.328 e. The highest BCUT2D eigenvalue weighted by molar-refractivity contribution is 5.37. The lowest BCUT2D eigenvalue weighted by Crippen LogP contribution is -2.22. The van der Waals surface area contributed by atoms with E-state index in [0.717, 1.165) is 16.9 Å². The van der Waals surface area contributed by atoms with E-state index < -0.39 is 0 Å². The molecule has 2 aromatic rings. The Morgan fingerprint density at radius 1 is 1.33 bits per heavy atom. The molecular formula is C13H17N3O2. The van der Waals surface area contributed by atoms with E-state index in [4.69, 9.17) is 10.5 Å². The minimum absolute atomic E-state index is 0.0461. The molecule has 0 atom stereocenters. The molecule has 0 unspecified atom stereocenters. The fourth-order valence-electron chi connectivity index (χ4n) is 1.90. The third-order valence-electron chi connectivity index (χ3n) is 2.94. The number of ether oxygens (including phenoxy) is 1. The van der Waals surface area contributed by atoms with Crippen LogP contribution in [0, 0.1) is 0 Å². The molecule has 2 N–H and O–H groups in total. The number of imidazole rings is 1. The first-order valence-electron chi connectivity index (χ1n) is 5.73. The molecule has 5 heteroatoms. The highest BCUT2D eigenvalue weighted by Crippen LogP contribution is 2.20. The minimum atomic E-state index is -0.0461. The Labute approximate surface area is 105 Å². The van der Waals surface area contributed by atoms with Crippen molar-refractivity contribution in [2.24, 2.45) is 12.8 Å². The summed E-state index contributed by atoms with van der Waals surface area (Å²) >= 11 is 0. The zero-order valence-electron chi connectivity index (χ0n) is 10.6. The summed E-state index contributed by atoms with van der Waals surface area (Å²) in [4.78, 5) is 11.8. The Morgan fingerprint density at radius 2 is 2.11 bits per heavy atom. The first-order valence-corrected chi connectivity index (χ1v) is 5.73. The summed E-state index contributed by atoms with van der Waals surface area (Å²) in [5, 5.41) is 0. The lowest BCUT2D eigenvalue weighted by Gasteiger charge is -2.10. The molecule has 18 heavy (non-hydrogen) atoms. The van der Waals surface area contributed by atoms with E-state index in [1.807, 2.05) is 18.2 Å². The number of aryl methyl sites for hydroxylation is 1. The largest absolute Gasteiger partial charge is 0.496 e. The first-order chi connectivity index (χ1) is 8.65. The van der Waals surface area contributed by atoms with Crippen LogP contribution in [-0.2, 0) is 20.1 Å². The average Bonchev–Trinajstić information content (AvgIpc) is 2.70. The van der Waals surface area contributed by atoms with Crippen LogP contribution in [0.1, 0.15) is 11.1 Å². The molecule has 0 bridgehead atoms. The predicted octanol–water partition coefficient (Wildman–Crippen LogP) is 0.702. The number of hydrogen-bond acceptors (Lipinski definition) is 3. The van der Waals surface area contributed by atoms with Gasteiger partial charge in [0.05, 0.1) is 13.7 Å². The van der Waals surface area contributed by atoms with Crippen LogP contribution >= 0.6 is 0 Å². The summed E-state index contributed by atoms with van der Waals surface area (Å²) in [6.07, 6.45) is 3.50. The molecule has 1 aromatic carbocycles. The number of methoxy groups -OCH3 is 1. The van der Waals surface area contributed by atoms with Crippen LogP contribution in [0.5, 0.6) is 5.75 Å². The summed E-state index contributed by atoms with van der Waals surface area (Å²) in [6, 6.07) is 5.78. The van der Waals surface area contributed by atoms with E-state index in [1.165, 1.54) is 0 Å². The maximum absolute atomic E-state index is 11.8. The zero-order chi connectivity index (χ0) is 13.1. The molecule has 0 saturated heterocycles. The van der Waals surface area contributed by atoms with Crippen LogP contribution < -0.4 is 16.2 Å². The van der Waals surface area contributed by atoms with Gasteiger partial charge >= 0.3 is 5.69 Å². The molecule has 0 aliphatic rings. The topological polar surface area (TPSA) is 62.2 Å². The van der Waals surface area contributed by atoms with Gasteiger partial charge in [-0.2, -0.15) is 0 Å². The van der Waals surface area contributed by atoms with E-state index in [-0.39, 0.29) is 5.69 Å². The van der Waals surface area contributed by atoms with Crippen molar-refractivity contribution in [1.82, 2.24) is 9.13 Å². The van der Waals surface area contributed by atoms with E-state index in [1.54, 1.807) is 35.7 Å². The van der Waals surface area contributed by atoms with Crippen LogP contribution in [0.4, 0.5) is 0 Å². The molecule has 0 aliphatic carbocycles. The third-order valence-corrected chi connectivity index (χ3v) is 2.94. The van der Waals surface area contributed by atoms with E-state index in [9.17, 15) is 4.79 Å². The zero-order valence-corrected chi connectivity index (χ0v) is 10.6. The normalized spacial score (nSPS) is 10.6. The number of nitrogens with zero attached hydrogens (tertiary/aromatic N) is 2. The Hall–Kier alpha value is -2.01. The Balaban J connectivity index is 2.38. The lowest BCUT2D eigenvalue weighted by atomic mass is 10.1. The molecule has 0 fully saturated rings. The van der Waals surface area contributed by atoms with Crippen LogP contribution in [0.25, 0.3) is 0 Å². The molecule has 0 radical (unpaired) electrons. The molecule has 1 aromatic heterocycles. The van der Waals surface area contributed by atoms with Gasteiger partial charge in [0.25, 0.3) is 0 Å². The molecule has 96 valence electrons. The van der Waals surface area contributed by atoms with Gasteiger partial charge in [-0.3, -0.25) is 4.57 Å². The van der Waals surface area contributed by atoms with Gasteiger partial charge in [-0.05, 0) is 17.7 Å². The second-order valence-electron chi connectivity index (χ2n) is 4.17. The van der Waals surface area contributed by atoms with Gasteiger partial charge in [0.1, 0.15) is 5.75 Å². The fourth-order valence-corrected chi connectivity index (χ4v) is 1.90. The second kappa shape index (κ2) is 5.10. The lowest BCUT2D eigenvalue weighted by molar-refractivity contribution is 0.408. The van der Waals surface area contributed by atoms with Crippen LogP contribution in [0.15, 0.2) is 35.4 Å². The standard InChI is InChI=1S/C13H17N3O2/c1-15-5-6-16(13(15)17)9-11-7-10(8-14)3-4-12(11)18-2/h3-7H,8-9,14H2,1-2H3. The summed E-state index contributed by atoms with van der Waals surface area (Å²) in [6.45, 7) is 0.956. The van der Waals surface area contributed by atoms with Gasteiger partial charge in [-0.1, -0.05) is 6.07 Å². The van der Waals surface area contributed by atoms with Crippen molar-refractivity contribution in [3.63, 3.8) is 0 Å². The van der Waals surface area contributed by atoms with Crippen molar-refractivity contribution in [2.45, 2.75) is 13.1 Å². The van der Waals surface area contributed by atoms with Crippen molar-refractivity contribution in [3.05, 3.63) is 52.2 Å². The number of benzene rings is 1. The van der Waals surface area contributed by atoms with Gasteiger partial charge in [0, 0.05) is 31.5 Å². The monoisotopic (exact) mass is 247 g/mol. The maximum atomic E-state index is 11.8. The highest BCUT2D eigenvalue weighted by atomic mass is 16.5. The second-order valence-corrected chi connectivity index (χ2v) is 4.17. The fraction of sp³-hybridized carbons (Fsp3) is 0.308. The number of hydrogen-bond donors (Lipinski definition) is 1. The highest BCUT2D eigenvalue weighted by Gasteiger charge is 2.07. The Morgan fingerprint density at radius 3 is 2.67 bits per heavy atom. The predicted molar refractivity (Wildman–Crippen MR) is 69.7 cm³/mol. The molecule has 0 saturated carbocycles. The van der Waals surface area contributed by atoms with Crippen molar-refractivity contribution < 1.29 is 4.74 Å². The molecule has 2 rings (SSSR count). The SMILES string of the molecule is COc1ccc(CN)cc1Cn1ccn(C)c1=O. The van der Waals surface area contributed by atoms with Crippen molar-refractivity contribution in [1.29, 1.82) is 0 Å². The van der Waals surface area contributed by atoms with Gasteiger partial charge in [-0.15, -0.1) is 0 Å². The van der Waals surface area contributed by atoms with Crippen LogP contribution in [-0.4, -0.2) is 16.2 Å². The maximum Gasteiger partial charge on any atom is 0.328 e. The van der Waals surface area contributed by atoms with E-state index in [2.05, 4.69) is 0 Å². The van der Waals surface area contributed by atoms with Gasteiger partial charge in [0.2, 0.25) is 0 Å². The number of nitrogens with two attached hydrogens (primary N) is 1. The molecule has 1 heterocycles. The number of aromatic nitrogens is 2. The summed E-state index contributed by atoms with van der Waals surface area (Å²) in [7, 11) is 3.35.